The number of hydrogen-bond donors (Lipinski definition) is 1. The van der Waals surface area contributed by atoms with Crippen LogP contribution in [0.1, 0.15) is 23.0 Å². The van der Waals surface area contributed by atoms with Crippen LogP contribution >= 0.6 is 11.3 Å². The van der Waals surface area contributed by atoms with Crippen molar-refractivity contribution < 1.29 is 9.59 Å². The van der Waals surface area contributed by atoms with Crippen LogP contribution in [0.15, 0.2) is 17.5 Å². The number of carbonyl (C=O) groups excluding carboxylic acids is 2. The first kappa shape index (κ1) is 15.0. The van der Waals surface area contributed by atoms with Crippen molar-refractivity contribution in [2.45, 2.75) is 13.3 Å². The summed E-state index contributed by atoms with van der Waals surface area (Å²) in [5.74, 6) is 0.181. The van der Waals surface area contributed by atoms with Crippen molar-refractivity contribution in [2.75, 3.05) is 39.3 Å². The van der Waals surface area contributed by atoms with E-state index in [9.17, 15) is 9.59 Å². The summed E-state index contributed by atoms with van der Waals surface area (Å²) in [6, 6.07) is 3.75. The Morgan fingerprint density at radius 2 is 2.05 bits per heavy atom. The normalized spacial score (nSPS) is 16.1. The van der Waals surface area contributed by atoms with Gasteiger partial charge in [0.25, 0.3) is 5.91 Å². The van der Waals surface area contributed by atoms with Crippen LogP contribution in [0.25, 0.3) is 0 Å². The Morgan fingerprint density at radius 3 is 2.65 bits per heavy atom. The molecule has 0 atom stereocenters. The van der Waals surface area contributed by atoms with Gasteiger partial charge in [0.15, 0.2) is 0 Å². The van der Waals surface area contributed by atoms with Gasteiger partial charge in [0.2, 0.25) is 5.91 Å². The number of amides is 2. The monoisotopic (exact) mass is 295 g/mol. The summed E-state index contributed by atoms with van der Waals surface area (Å²) >= 11 is 1.48. The van der Waals surface area contributed by atoms with Gasteiger partial charge in [-0.25, -0.2) is 0 Å². The number of hydrogen-bond acceptors (Lipinski definition) is 4. The standard InChI is InChI=1S/C14H21N3O2S/c1-2-5-15-13(18)11-16-6-8-17(9-7-16)14(19)12-4-3-10-20-12/h3-4,10H,2,5-9,11H2,1H3,(H,15,18). The van der Waals surface area contributed by atoms with Crippen molar-refractivity contribution in [3.05, 3.63) is 22.4 Å². The lowest BCUT2D eigenvalue weighted by Crippen LogP contribution is -2.51. The average Bonchev–Trinajstić information content (AvgIpc) is 2.99. The quantitative estimate of drug-likeness (QED) is 0.883. The van der Waals surface area contributed by atoms with E-state index in [4.69, 9.17) is 0 Å². The lowest BCUT2D eigenvalue weighted by atomic mass is 10.3. The van der Waals surface area contributed by atoms with Gasteiger partial charge in [-0.05, 0) is 17.9 Å². The third-order valence-corrected chi connectivity index (χ3v) is 4.19. The van der Waals surface area contributed by atoms with E-state index in [2.05, 4.69) is 10.2 Å². The molecule has 0 aromatic carbocycles. The van der Waals surface area contributed by atoms with Crippen molar-refractivity contribution in [2.24, 2.45) is 0 Å². The minimum Gasteiger partial charge on any atom is -0.355 e. The molecular formula is C14H21N3O2S. The molecule has 0 saturated carbocycles. The second kappa shape index (κ2) is 7.40. The van der Waals surface area contributed by atoms with E-state index >= 15 is 0 Å². The van der Waals surface area contributed by atoms with Gasteiger partial charge >= 0.3 is 0 Å². The van der Waals surface area contributed by atoms with E-state index in [0.717, 1.165) is 30.9 Å². The SMILES string of the molecule is CCCNC(=O)CN1CCN(C(=O)c2cccs2)CC1. The number of carbonyl (C=O) groups is 2. The Balaban J connectivity index is 1.75. The third-order valence-electron chi connectivity index (χ3n) is 3.33. The summed E-state index contributed by atoms with van der Waals surface area (Å²) < 4.78 is 0. The van der Waals surface area contributed by atoms with E-state index in [1.165, 1.54) is 11.3 Å². The highest BCUT2D eigenvalue weighted by molar-refractivity contribution is 7.12. The van der Waals surface area contributed by atoms with Crippen molar-refractivity contribution in [1.29, 1.82) is 0 Å². The molecular weight excluding hydrogens is 274 g/mol. The molecule has 20 heavy (non-hydrogen) atoms. The van der Waals surface area contributed by atoms with Gasteiger partial charge in [-0.3, -0.25) is 14.5 Å². The maximum absolute atomic E-state index is 12.2. The molecule has 2 heterocycles. The summed E-state index contributed by atoms with van der Waals surface area (Å²) in [4.78, 5) is 28.6. The van der Waals surface area contributed by atoms with E-state index in [-0.39, 0.29) is 11.8 Å². The van der Waals surface area contributed by atoms with Crippen LogP contribution in [0.4, 0.5) is 0 Å². The number of nitrogens with zero attached hydrogens (tertiary/aromatic N) is 2. The minimum atomic E-state index is 0.0740. The van der Waals surface area contributed by atoms with Gasteiger partial charge in [0.05, 0.1) is 11.4 Å². The first-order chi connectivity index (χ1) is 9.70. The highest BCUT2D eigenvalue weighted by atomic mass is 32.1. The Labute approximate surface area is 123 Å². The zero-order chi connectivity index (χ0) is 14.4. The molecule has 0 bridgehead atoms. The molecule has 1 aliphatic rings. The largest absolute Gasteiger partial charge is 0.355 e. The molecule has 0 unspecified atom stereocenters. The third kappa shape index (κ3) is 4.05. The van der Waals surface area contributed by atoms with Crippen LogP contribution in [-0.2, 0) is 4.79 Å². The maximum atomic E-state index is 12.2. The molecule has 1 aromatic rings. The zero-order valence-electron chi connectivity index (χ0n) is 11.8. The summed E-state index contributed by atoms with van der Waals surface area (Å²) in [7, 11) is 0. The van der Waals surface area contributed by atoms with Crippen LogP contribution in [0.5, 0.6) is 0 Å². The highest BCUT2D eigenvalue weighted by Crippen LogP contribution is 2.13. The zero-order valence-corrected chi connectivity index (χ0v) is 12.6. The van der Waals surface area contributed by atoms with E-state index in [0.29, 0.717) is 19.6 Å². The van der Waals surface area contributed by atoms with Crippen molar-refractivity contribution in [3.63, 3.8) is 0 Å². The molecule has 1 N–H and O–H groups in total. The van der Waals surface area contributed by atoms with E-state index < -0.39 is 0 Å². The molecule has 1 aromatic heterocycles. The Kier molecular flexibility index (Phi) is 5.55. The minimum absolute atomic E-state index is 0.0740. The first-order valence-corrected chi connectivity index (χ1v) is 7.90. The predicted molar refractivity (Wildman–Crippen MR) is 80.0 cm³/mol. The number of thiophene rings is 1. The molecule has 1 aliphatic heterocycles. The van der Waals surface area contributed by atoms with Crippen molar-refractivity contribution in [3.8, 4) is 0 Å². The van der Waals surface area contributed by atoms with E-state index in [1.54, 1.807) is 0 Å². The summed E-state index contributed by atoms with van der Waals surface area (Å²) in [5.41, 5.74) is 0. The van der Waals surface area contributed by atoms with Crippen molar-refractivity contribution in [1.82, 2.24) is 15.1 Å². The molecule has 5 nitrogen and oxygen atoms in total. The van der Waals surface area contributed by atoms with Crippen LogP contribution in [0.3, 0.4) is 0 Å². The van der Waals surface area contributed by atoms with E-state index in [1.807, 2.05) is 29.3 Å². The fraction of sp³-hybridized carbons (Fsp3) is 0.571. The molecule has 0 spiro atoms. The lowest BCUT2D eigenvalue weighted by Gasteiger charge is -2.34. The van der Waals surface area contributed by atoms with Gasteiger partial charge in [-0.2, -0.15) is 0 Å². The fourth-order valence-electron chi connectivity index (χ4n) is 2.19. The van der Waals surface area contributed by atoms with Gasteiger partial charge in [-0.1, -0.05) is 13.0 Å². The molecule has 6 heteroatoms. The molecule has 1 saturated heterocycles. The second-order valence-corrected chi connectivity index (χ2v) is 5.84. The highest BCUT2D eigenvalue weighted by Gasteiger charge is 2.23. The first-order valence-electron chi connectivity index (χ1n) is 7.02. The second-order valence-electron chi connectivity index (χ2n) is 4.90. The van der Waals surface area contributed by atoms with Gasteiger partial charge in [0.1, 0.15) is 0 Å². The summed E-state index contributed by atoms with van der Waals surface area (Å²) in [6.45, 7) is 6.11. The lowest BCUT2D eigenvalue weighted by molar-refractivity contribution is -0.122. The number of nitrogens with one attached hydrogen (secondary N) is 1. The van der Waals surface area contributed by atoms with Crippen LogP contribution < -0.4 is 5.32 Å². The average molecular weight is 295 g/mol. The fourth-order valence-corrected chi connectivity index (χ4v) is 2.88. The van der Waals surface area contributed by atoms with Crippen LogP contribution in [0, 0.1) is 0 Å². The molecule has 0 radical (unpaired) electrons. The molecule has 2 amide bonds. The molecule has 2 rings (SSSR count). The smallest absolute Gasteiger partial charge is 0.264 e. The predicted octanol–water partition coefficient (Wildman–Crippen LogP) is 1.03. The Bertz CT molecular complexity index is 439. The van der Waals surface area contributed by atoms with Gasteiger partial charge < -0.3 is 10.2 Å². The molecule has 0 aliphatic carbocycles. The summed E-state index contributed by atoms with van der Waals surface area (Å²) in [6.07, 6.45) is 0.953. The van der Waals surface area contributed by atoms with Crippen LogP contribution in [0.2, 0.25) is 0 Å². The number of rotatable bonds is 5. The Morgan fingerprint density at radius 1 is 1.30 bits per heavy atom. The number of piperazine rings is 1. The van der Waals surface area contributed by atoms with Crippen LogP contribution in [-0.4, -0.2) is 60.9 Å². The topological polar surface area (TPSA) is 52.7 Å². The van der Waals surface area contributed by atoms with Gasteiger partial charge in [0, 0.05) is 32.7 Å². The van der Waals surface area contributed by atoms with Gasteiger partial charge in [-0.15, -0.1) is 11.3 Å². The Hall–Kier alpha value is -1.40. The molecule has 1 fully saturated rings. The van der Waals surface area contributed by atoms with Crippen molar-refractivity contribution >= 4 is 23.2 Å². The maximum Gasteiger partial charge on any atom is 0.264 e. The summed E-state index contributed by atoms with van der Waals surface area (Å²) in [5, 5.41) is 4.79. The molecule has 110 valence electrons.